The van der Waals surface area contributed by atoms with Crippen LogP contribution in [0.25, 0.3) is 0 Å². The number of carbonyl (C=O) groups excluding carboxylic acids is 1. The van der Waals surface area contributed by atoms with Gasteiger partial charge in [-0.25, -0.2) is 0 Å². The number of benzene rings is 2. The number of alkyl halides is 3. The molecule has 2 aromatic carbocycles. The molecule has 1 amide bonds. The third-order valence-electron chi connectivity index (χ3n) is 3.20. The first-order valence-corrected chi connectivity index (χ1v) is 7.63. The predicted octanol–water partition coefficient (Wildman–Crippen LogP) is 3.42. The van der Waals surface area contributed by atoms with E-state index in [0.717, 1.165) is 17.7 Å². The number of amides is 1. The van der Waals surface area contributed by atoms with Gasteiger partial charge in [-0.1, -0.05) is 36.4 Å². The van der Waals surface area contributed by atoms with Crippen molar-refractivity contribution in [2.24, 2.45) is 0 Å². The maximum Gasteiger partial charge on any atom is 0.416 e. The Labute approximate surface area is 143 Å². The molecule has 0 fully saturated rings. The van der Waals surface area contributed by atoms with Gasteiger partial charge in [-0.2, -0.15) is 13.2 Å². The molecule has 0 spiro atoms. The quantitative estimate of drug-likeness (QED) is 0.740. The fourth-order valence-electron chi connectivity index (χ4n) is 2.01. The summed E-state index contributed by atoms with van der Waals surface area (Å²) in [5.41, 5.74) is 0.187. The van der Waals surface area contributed by atoms with Crippen molar-refractivity contribution in [3.63, 3.8) is 0 Å². The fraction of sp³-hybridized carbons (Fsp3) is 0.278. The van der Waals surface area contributed by atoms with Crippen molar-refractivity contribution in [3.8, 4) is 5.75 Å². The molecule has 0 bridgehead atoms. The highest BCUT2D eigenvalue weighted by atomic mass is 19.4. The van der Waals surface area contributed by atoms with Crippen LogP contribution < -0.4 is 10.1 Å². The lowest BCUT2D eigenvalue weighted by Gasteiger charge is -2.11. The number of hydrogen-bond acceptors (Lipinski definition) is 3. The maximum atomic E-state index is 12.6. The second-order valence-electron chi connectivity index (χ2n) is 5.20. The second-order valence-corrected chi connectivity index (χ2v) is 5.20. The van der Waals surface area contributed by atoms with E-state index in [1.54, 1.807) is 0 Å². The first-order valence-electron chi connectivity index (χ1n) is 7.63. The van der Waals surface area contributed by atoms with E-state index in [-0.39, 0.29) is 31.4 Å². The van der Waals surface area contributed by atoms with Crippen LogP contribution in [0.15, 0.2) is 54.6 Å². The number of carbonyl (C=O) groups is 1. The Balaban J connectivity index is 1.63. The standard InChI is InChI=1S/C18H18F3NO3/c19-18(20,21)15-7-4-8-16(11-15)25-10-9-22-17(23)13-24-12-14-5-2-1-3-6-14/h1-8,11H,9-10,12-13H2,(H,22,23). The topological polar surface area (TPSA) is 47.6 Å². The average molecular weight is 353 g/mol. The first-order chi connectivity index (χ1) is 11.9. The van der Waals surface area contributed by atoms with Gasteiger partial charge in [-0.05, 0) is 23.8 Å². The summed E-state index contributed by atoms with van der Waals surface area (Å²) >= 11 is 0. The molecule has 2 rings (SSSR count). The Morgan fingerprint density at radius 3 is 2.52 bits per heavy atom. The zero-order chi connectivity index (χ0) is 18.1. The number of nitrogens with one attached hydrogen (secondary N) is 1. The highest BCUT2D eigenvalue weighted by Gasteiger charge is 2.30. The van der Waals surface area contributed by atoms with Gasteiger partial charge in [0.1, 0.15) is 19.0 Å². The molecule has 0 unspecified atom stereocenters. The Morgan fingerprint density at radius 2 is 1.80 bits per heavy atom. The monoisotopic (exact) mass is 353 g/mol. The minimum Gasteiger partial charge on any atom is -0.492 e. The third-order valence-corrected chi connectivity index (χ3v) is 3.20. The van der Waals surface area contributed by atoms with E-state index in [2.05, 4.69) is 5.32 Å². The first kappa shape index (κ1) is 18.8. The Bertz CT molecular complexity index is 675. The van der Waals surface area contributed by atoms with Crippen LogP contribution >= 0.6 is 0 Å². The van der Waals surface area contributed by atoms with Crippen molar-refractivity contribution < 1.29 is 27.4 Å². The van der Waals surface area contributed by atoms with Gasteiger partial charge in [0.25, 0.3) is 0 Å². The van der Waals surface area contributed by atoms with E-state index in [0.29, 0.717) is 6.61 Å². The molecular formula is C18H18F3NO3. The average Bonchev–Trinajstić information content (AvgIpc) is 2.59. The summed E-state index contributed by atoms with van der Waals surface area (Å²) in [5, 5.41) is 2.57. The van der Waals surface area contributed by atoms with Crippen molar-refractivity contribution in [2.45, 2.75) is 12.8 Å². The van der Waals surface area contributed by atoms with Crippen molar-refractivity contribution in [3.05, 3.63) is 65.7 Å². The van der Waals surface area contributed by atoms with Crippen molar-refractivity contribution in [2.75, 3.05) is 19.8 Å². The van der Waals surface area contributed by atoms with Gasteiger partial charge < -0.3 is 14.8 Å². The van der Waals surface area contributed by atoms with Crippen LogP contribution in [0.5, 0.6) is 5.75 Å². The van der Waals surface area contributed by atoms with E-state index in [1.165, 1.54) is 12.1 Å². The van der Waals surface area contributed by atoms with Crippen molar-refractivity contribution in [1.29, 1.82) is 0 Å². The summed E-state index contributed by atoms with van der Waals surface area (Å²) in [7, 11) is 0. The van der Waals surface area contributed by atoms with Crippen LogP contribution in [0, 0.1) is 0 Å². The SMILES string of the molecule is O=C(COCc1ccccc1)NCCOc1cccc(C(F)(F)F)c1. The number of halogens is 3. The Hall–Kier alpha value is -2.54. The molecule has 0 aliphatic carbocycles. The molecular weight excluding hydrogens is 335 g/mol. The smallest absolute Gasteiger partial charge is 0.416 e. The van der Waals surface area contributed by atoms with Crippen molar-refractivity contribution in [1.82, 2.24) is 5.32 Å². The zero-order valence-corrected chi connectivity index (χ0v) is 13.4. The van der Waals surface area contributed by atoms with E-state index in [9.17, 15) is 18.0 Å². The summed E-state index contributed by atoms with van der Waals surface area (Å²) in [5.74, 6) is -0.215. The zero-order valence-electron chi connectivity index (χ0n) is 13.4. The highest BCUT2D eigenvalue weighted by molar-refractivity contribution is 5.77. The van der Waals surface area contributed by atoms with Crippen LogP contribution in [0.4, 0.5) is 13.2 Å². The molecule has 0 saturated carbocycles. The van der Waals surface area contributed by atoms with Crippen LogP contribution in [0.2, 0.25) is 0 Å². The van der Waals surface area contributed by atoms with Crippen LogP contribution in [-0.4, -0.2) is 25.7 Å². The Morgan fingerprint density at radius 1 is 1.04 bits per heavy atom. The minimum atomic E-state index is -4.41. The summed E-state index contributed by atoms with van der Waals surface area (Å²) in [4.78, 5) is 11.6. The molecule has 7 heteroatoms. The van der Waals surface area contributed by atoms with Gasteiger partial charge in [-0.15, -0.1) is 0 Å². The van der Waals surface area contributed by atoms with Crippen LogP contribution in [0.1, 0.15) is 11.1 Å². The molecule has 1 N–H and O–H groups in total. The fourth-order valence-corrected chi connectivity index (χ4v) is 2.01. The van der Waals surface area contributed by atoms with Gasteiger partial charge in [0, 0.05) is 0 Å². The van der Waals surface area contributed by atoms with E-state index < -0.39 is 11.7 Å². The summed E-state index contributed by atoms with van der Waals surface area (Å²) in [6, 6.07) is 14.0. The largest absolute Gasteiger partial charge is 0.492 e. The molecule has 0 aromatic heterocycles. The van der Waals surface area contributed by atoms with Gasteiger partial charge in [-0.3, -0.25) is 4.79 Å². The molecule has 0 aliphatic rings. The molecule has 0 aliphatic heterocycles. The van der Waals surface area contributed by atoms with Gasteiger partial charge in [0.05, 0.1) is 18.7 Å². The van der Waals surface area contributed by atoms with E-state index in [4.69, 9.17) is 9.47 Å². The normalized spacial score (nSPS) is 11.2. The summed E-state index contributed by atoms with van der Waals surface area (Å²) in [6.07, 6.45) is -4.41. The third kappa shape index (κ3) is 6.84. The molecule has 2 aromatic rings. The number of hydrogen-bond donors (Lipinski definition) is 1. The second kappa shape index (κ2) is 9.08. The molecule has 0 atom stereocenters. The lowest BCUT2D eigenvalue weighted by molar-refractivity contribution is -0.137. The molecule has 134 valence electrons. The Kier molecular flexibility index (Phi) is 6.82. The molecule has 0 saturated heterocycles. The molecule has 0 heterocycles. The molecule has 25 heavy (non-hydrogen) atoms. The lowest BCUT2D eigenvalue weighted by atomic mass is 10.2. The number of rotatable bonds is 8. The van der Waals surface area contributed by atoms with Gasteiger partial charge >= 0.3 is 6.18 Å². The van der Waals surface area contributed by atoms with E-state index in [1.807, 2.05) is 30.3 Å². The summed E-state index contributed by atoms with van der Waals surface area (Å²) in [6.45, 7) is 0.461. The highest BCUT2D eigenvalue weighted by Crippen LogP contribution is 2.31. The molecule has 0 radical (unpaired) electrons. The van der Waals surface area contributed by atoms with Gasteiger partial charge in [0.15, 0.2) is 0 Å². The number of ether oxygens (including phenoxy) is 2. The summed E-state index contributed by atoms with van der Waals surface area (Å²) < 4.78 is 48.2. The van der Waals surface area contributed by atoms with E-state index >= 15 is 0 Å². The van der Waals surface area contributed by atoms with Crippen LogP contribution in [0.3, 0.4) is 0 Å². The molecule has 4 nitrogen and oxygen atoms in total. The van der Waals surface area contributed by atoms with Gasteiger partial charge in [0.2, 0.25) is 5.91 Å². The lowest BCUT2D eigenvalue weighted by Crippen LogP contribution is -2.31. The maximum absolute atomic E-state index is 12.6. The minimum absolute atomic E-state index is 0.0612. The van der Waals surface area contributed by atoms with Crippen molar-refractivity contribution >= 4 is 5.91 Å². The van der Waals surface area contributed by atoms with Crippen LogP contribution in [-0.2, 0) is 22.3 Å². The predicted molar refractivity (Wildman–Crippen MR) is 86.0 cm³/mol.